The monoisotopic (exact) mass is 414 g/mol. The molecule has 0 spiro atoms. The van der Waals surface area contributed by atoms with E-state index in [-0.39, 0.29) is 21.1 Å². The Bertz CT molecular complexity index is 603. The van der Waals surface area contributed by atoms with E-state index in [0.29, 0.717) is 0 Å². The Kier molecular flexibility index (Phi) is 4.11. The molecule has 0 aliphatic rings. The van der Waals surface area contributed by atoms with Crippen LogP contribution in [0.15, 0.2) is 67.0 Å². The molecule has 0 fully saturated rings. The van der Waals surface area contributed by atoms with Crippen LogP contribution in [0.2, 0.25) is 0 Å². The zero-order valence-electron chi connectivity index (χ0n) is 9.56. The second kappa shape index (κ2) is 5.79. The third kappa shape index (κ3) is 2.60. The number of aromatic nitrogens is 2. The fourth-order valence-corrected chi connectivity index (χ4v) is 1.81. The van der Waals surface area contributed by atoms with Crippen LogP contribution in [0.3, 0.4) is 0 Å². The Morgan fingerprint density at radius 2 is 1.78 bits per heavy atom. The summed E-state index contributed by atoms with van der Waals surface area (Å²) < 4.78 is 1.81. The Labute approximate surface area is 121 Å². The van der Waals surface area contributed by atoms with Crippen molar-refractivity contribution >= 4 is 0 Å². The molecule has 1 heterocycles. The predicted molar refractivity (Wildman–Crippen MR) is 67.8 cm³/mol. The van der Waals surface area contributed by atoms with Crippen LogP contribution in [0.25, 0.3) is 16.8 Å². The summed E-state index contributed by atoms with van der Waals surface area (Å²) in [7, 11) is 0. The van der Waals surface area contributed by atoms with Gasteiger partial charge >= 0.3 is 0 Å². The van der Waals surface area contributed by atoms with Gasteiger partial charge in [-0.05, 0) is 17.3 Å². The van der Waals surface area contributed by atoms with Gasteiger partial charge in [0.05, 0.1) is 0 Å². The van der Waals surface area contributed by atoms with Crippen molar-refractivity contribution in [3.05, 3.63) is 73.1 Å². The van der Waals surface area contributed by atoms with Crippen LogP contribution in [0.4, 0.5) is 0 Å². The average Bonchev–Trinajstić information content (AvgIpc) is 2.94. The second-order valence-corrected chi connectivity index (χ2v) is 3.78. The van der Waals surface area contributed by atoms with E-state index in [1.54, 1.807) is 6.20 Å². The van der Waals surface area contributed by atoms with E-state index in [1.165, 1.54) is 11.1 Å². The molecule has 0 saturated heterocycles. The molecule has 0 aliphatic carbocycles. The van der Waals surface area contributed by atoms with Crippen molar-refractivity contribution in [3.63, 3.8) is 0 Å². The number of rotatable bonds is 2. The van der Waals surface area contributed by atoms with Gasteiger partial charge in [-0.25, -0.2) is 0 Å². The molecule has 0 radical (unpaired) electrons. The number of nitrogens with zero attached hydrogens (tertiary/aromatic N) is 2. The SMILES string of the molecule is [Pt].[c-]1ccc(-c2ccccc2)cc1-n1cccn1. The molecule has 18 heavy (non-hydrogen) atoms. The standard InChI is InChI=1S/C15H11N2.Pt/c1-2-6-13(7-3-1)14-8-4-9-15(12-14)17-11-5-10-16-17;/h1-8,10-12H;/q-1;. The minimum atomic E-state index is 0. The molecule has 0 bridgehead atoms. The van der Waals surface area contributed by atoms with Crippen molar-refractivity contribution < 1.29 is 21.1 Å². The van der Waals surface area contributed by atoms with Crippen LogP contribution in [0, 0.1) is 6.07 Å². The van der Waals surface area contributed by atoms with E-state index in [0.717, 1.165) is 5.69 Å². The average molecular weight is 414 g/mol. The van der Waals surface area contributed by atoms with Gasteiger partial charge in [-0.2, -0.15) is 23.3 Å². The van der Waals surface area contributed by atoms with Crippen molar-refractivity contribution in [2.45, 2.75) is 0 Å². The quantitative estimate of drug-likeness (QED) is 0.589. The maximum Gasteiger partial charge on any atom is 0.0493 e. The summed E-state index contributed by atoms with van der Waals surface area (Å²) >= 11 is 0. The molecule has 3 heteroatoms. The zero-order chi connectivity index (χ0) is 11.5. The van der Waals surface area contributed by atoms with E-state index >= 15 is 0 Å². The summed E-state index contributed by atoms with van der Waals surface area (Å²) in [6, 6.07) is 21.5. The van der Waals surface area contributed by atoms with Crippen molar-refractivity contribution in [2.24, 2.45) is 0 Å². The van der Waals surface area contributed by atoms with Crippen molar-refractivity contribution in [1.29, 1.82) is 0 Å². The molecule has 92 valence electrons. The van der Waals surface area contributed by atoms with Crippen LogP contribution in [0.5, 0.6) is 0 Å². The first kappa shape index (κ1) is 12.8. The Balaban J connectivity index is 0.00000120. The van der Waals surface area contributed by atoms with Crippen molar-refractivity contribution in [1.82, 2.24) is 9.78 Å². The van der Waals surface area contributed by atoms with Crippen LogP contribution in [0.1, 0.15) is 0 Å². The summed E-state index contributed by atoms with van der Waals surface area (Å²) in [6.45, 7) is 0. The van der Waals surface area contributed by atoms with E-state index in [9.17, 15) is 0 Å². The first-order valence-electron chi connectivity index (χ1n) is 5.51. The van der Waals surface area contributed by atoms with E-state index in [1.807, 2.05) is 41.2 Å². The number of hydrogen-bond donors (Lipinski definition) is 0. The third-order valence-electron chi connectivity index (χ3n) is 2.64. The summed E-state index contributed by atoms with van der Waals surface area (Å²) in [5, 5.41) is 4.21. The largest absolute Gasteiger partial charge is 0.266 e. The smallest absolute Gasteiger partial charge is 0.0493 e. The summed E-state index contributed by atoms with van der Waals surface area (Å²) in [5.74, 6) is 0. The van der Waals surface area contributed by atoms with Gasteiger partial charge in [-0.1, -0.05) is 30.3 Å². The maximum absolute atomic E-state index is 4.21. The molecule has 2 nitrogen and oxygen atoms in total. The molecule has 0 aliphatic heterocycles. The first-order valence-corrected chi connectivity index (χ1v) is 5.51. The van der Waals surface area contributed by atoms with E-state index in [4.69, 9.17) is 0 Å². The summed E-state index contributed by atoms with van der Waals surface area (Å²) in [6.07, 6.45) is 3.68. The van der Waals surface area contributed by atoms with Crippen molar-refractivity contribution in [2.75, 3.05) is 0 Å². The van der Waals surface area contributed by atoms with Gasteiger partial charge in [0.1, 0.15) is 0 Å². The van der Waals surface area contributed by atoms with Crippen molar-refractivity contribution in [3.8, 4) is 16.8 Å². The maximum atomic E-state index is 4.21. The summed E-state index contributed by atoms with van der Waals surface area (Å²) in [5.41, 5.74) is 3.33. The normalized spacial score (nSPS) is 9.78. The van der Waals surface area contributed by atoms with Gasteiger partial charge in [0.2, 0.25) is 0 Å². The first-order chi connectivity index (χ1) is 8.43. The summed E-state index contributed by atoms with van der Waals surface area (Å²) in [4.78, 5) is 0. The van der Waals surface area contributed by atoms with Gasteiger partial charge in [0, 0.05) is 33.5 Å². The van der Waals surface area contributed by atoms with Gasteiger partial charge in [0.25, 0.3) is 0 Å². The van der Waals surface area contributed by atoms with Crippen LogP contribution < -0.4 is 0 Å². The molecule has 3 rings (SSSR count). The molecule has 0 amide bonds. The van der Waals surface area contributed by atoms with Gasteiger partial charge in [-0.15, -0.1) is 11.6 Å². The molecular formula is C15H11N2Pt-. The van der Waals surface area contributed by atoms with Gasteiger partial charge in [-0.3, -0.25) is 4.68 Å². The molecule has 3 aromatic rings. The molecule has 0 N–H and O–H groups in total. The fourth-order valence-electron chi connectivity index (χ4n) is 1.81. The molecule has 0 unspecified atom stereocenters. The Morgan fingerprint density at radius 1 is 0.944 bits per heavy atom. The van der Waals surface area contributed by atoms with E-state index < -0.39 is 0 Å². The minimum Gasteiger partial charge on any atom is -0.266 e. The third-order valence-corrected chi connectivity index (χ3v) is 2.64. The topological polar surface area (TPSA) is 17.8 Å². The van der Waals surface area contributed by atoms with Gasteiger partial charge in [0.15, 0.2) is 0 Å². The molecule has 2 aromatic carbocycles. The molecule has 0 saturated carbocycles. The van der Waals surface area contributed by atoms with Crippen LogP contribution >= 0.6 is 0 Å². The second-order valence-electron chi connectivity index (χ2n) is 3.78. The Hall–Kier alpha value is -1.66. The fraction of sp³-hybridized carbons (Fsp3) is 0. The number of hydrogen-bond acceptors (Lipinski definition) is 1. The van der Waals surface area contributed by atoms with E-state index in [2.05, 4.69) is 35.4 Å². The zero-order valence-corrected chi connectivity index (χ0v) is 11.8. The number of benzene rings is 2. The predicted octanol–water partition coefficient (Wildman–Crippen LogP) is 3.34. The van der Waals surface area contributed by atoms with Gasteiger partial charge < -0.3 is 0 Å². The molecule has 1 aromatic heterocycles. The minimum absolute atomic E-state index is 0. The molecular weight excluding hydrogens is 403 g/mol. The van der Waals surface area contributed by atoms with Crippen LogP contribution in [-0.2, 0) is 21.1 Å². The Morgan fingerprint density at radius 3 is 2.50 bits per heavy atom. The molecule has 0 atom stereocenters. The van der Waals surface area contributed by atoms with Crippen LogP contribution in [-0.4, -0.2) is 9.78 Å².